The number of aliphatic hydroxyl groups is 2. The lowest BCUT2D eigenvalue weighted by Gasteiger charge is -2.22. The lowest BCUT2D eigenvalue weighted by atomic mass is 9.86. The summed E-state index contributed by atoms with van der Waals surface area (Å²) in [5.41, 5.74) is 1.04. The summed E-state index contributed by atoms with van der Waals surface area (Å²) < 4.78 is 0. The van der Waals surface area contributed by atoms with Gasteiger partial charge in [-0.1, -0.05) is 19.1 Å². The molecular weight excluding hydrogens is 140 g/mol. The van der Waals surface area contributed by atoms with Crippen LogP contribution in [-0.4, -0.2) is 23.4 Å². The van der Waals surface area contributed by atoms with Crippen LogP contribution in [0.1, 0.15) is 20.3 Å². The Kier molecular flexibility index (Phi) is 5.16. The second-order valence-corrected chi connectivity index (χ2v) is 2.99. The maximum atomic E-state index is 8.88. The van der Waals surface area contributed by atoms with E-state index >= 15 is 0 Å². The van der Waals surface area contributed by atoms with E-state index in [0.717, 1.165) is 12.0 Å². The third kappa shape index (κ3) is 3.04. The number of aliphatic hydroxyl groups excluding tert-OH is 2. The average Bonchev–Trinajstić information content (AvgIpc) is 1.99. The van der Waals surface area contributed by atoms with Crippen molar-refractivity contribution in [3.8, 4) is 0 Å². The highest BCUT2D eigenvalue weighted by Gasteiger charge is 2.18. The Balaban J connectivity index is 4.09. The van der Waals surface area contributed by atoms with Crippen LogP contribution in [0.3, 0.4) is 0 Å². The molecule has 0 spiro atoms. The molecule has 0 aliphatic rings. The molecule has 0 aliphatic heterocycles. The number of rotatable bonds is 5. The van der Waals surface area contributed by atoms with Crippen LogP contribution in [0.15, 0.2) is 12.2 Å². The molecule has 0 aromatic carbocycles. The monoisotopic (exact) mass is 158 g/mol. The number of hydrogen-bond donors (Lipinski definition) is 2. The fourth-order valence-electron chi connectivity index (χ4n) is 1.40. The van der Waals surface area contributed by atoms with Gasteiger partial charge in [0.1, 0.15) is 0 Å². The van der Waals surface area contributed by atoms with Crippen molar-refractivity contribution >= 4 is 0 Å². The molecule has 11 heavy (non-hydrogen) atoms. The zero-order valence-corrected chi connectivity index (χ0v) is 7.38. The van der Waals surface area contributed by atoms with E-state index in [0.29, 0.717) is 0 Å². The number of allylic oxidation sites excluding steroid dienone is 1. The first-order valence-electron chi connectivity index (χ1n) is 4.04. The highest BCUT2D eigenvalue weighted by atomic mass is 16.3. The fraction of sp³-hybridized carbons (Fsp3) is 0.778. The maximum Gasteiger partial charge on any atom is 0.0486 e. The summed E-state index contributed by atoms with van der Waals surface area (Å²) in [4.78, 5) is 0. The van der Waals surface area contributed by atoms with Crippen molar-refractivity contribution in [3.63, 3.8) is 0 Å². The minimum Gasteiger partial charge on any atom is -0.396 e. The van der Waals surface area contributed by atoms with E-state index in [1.54, 1.807) is 0 Å². The first kappa shape index (κ1) is 10.7. The maximum absolute atomic E-state index is 8.88. The van der Waals surface area contributed by atoms with Crippen molar-refractivity contribution < 1.29 is 10.2 Å². The van der Waals surface area contributed by atoms with Crippen LogP contribution in [0, 0.1) is 11.8 Å². The van der Waals surface area contributed by atoms with Crippen LogP contribution in [0.2, 0.25) is 0 Å². The third-order valence-electron chi connectivity index (χ3n) is 2.11. The molecule has 0 amide bonds. The molecule has 0 fully saturated rings. The minimum atomic E-state index is -0.0301. The van der Waals surface area contributed by atoms with E-state index in [-0.39, 0.29) is 25.0 Å². The molecule has 0 aliphatic carbocycles. The van der Waals surface area contributed by atoms with Crippen molar-refractivity contribution in [2.45, 2.75) is 20.3 Å². The Hall–Kier alpha value is -0.340. The van der Waals surface area contributed by atoms with Gasteiger partial charge in [-0.2, -0.15) is 0 Å². The topological polar surface area (TPSA) is 40.5 Å². The summed E-state index contributed by atoms with van der Waals surface area (Å²) in [7, 11) is 0. The molecule has 2 N–H and O–H groups in total. The van der Waals surface area contributed by atoms with Gasteiger partial charge in [-0.05, 0) is 19.3 Å². The zero-order valence-electron chi connectivity index (χ0n) is 7.38. The van der Waals surface area contributed by atoms with E-state index in [9.17, 15) is 0 Å². The molecule has 66 valence electrons. The first-order chi connectivity index (χ1) is 5.17. The quantitative estimate of drug-likeness (QED) is 0.590. The predicted molar refractivity (Wildman–Crippen MR) is 46.3 cm³/mol. The van der Waals surface area contributed by atoms with Crippen LogP contribution < -0.4 is 0 Å². The molecular formula is C9H18O2. The molecule has 0 bridgehead atoms. The van der Waals surface area contributed by atoms with Gasteiger partial charge in [0.25, 0.3) is 0 Å². The van der Waals surface area contributed by atoms with Gasteiger partial charge in [-0.15, -0.1) is 0 Å². The van der Waals surface area contributed by atoms with Gasteiger partial charge in [0.2, 0.25) is 0 Å². The summed E-state index contributed by atoms with van der Waals surface area (Å²) in [6, 6.07) is 0. The minimum absolute atomic E-state index is 0.0301. The van der Waals surface area contributed by atoms with E-state index in [2.05, 4.69) is 6.58 Å². The Bertz CT molecular complexity index is 117. The SMILES string of the molecule is C=C(C)C(CC)C(CO)CO. The second kappa shape index (κ2) is 5.33. The van der Waals surface area contributed by atoms with Crippen LogP contribution in [0.25, 0.3) is 0 Å². The standard InChI is InChI=1S/C9H18O2/c1-4-9(7(2)3)8(5-10)6-11/h8-11H,2,4-6H2,1,3H3. The second-order valence-electron chi connectivity index (χ2n) is 2.99. The first-order valence-corrected chi connectivity index (χ1v) is 4.04. The summed E-state index contributed by atoms with van der Waals surface area (Å²) in [5.74, 6) is 0.225. The van der Waals surface area contributed by atoms with Gasteiger partial charge in [0.15, 0.2) is 0 Å². The molecule has 0 aromatic rings. The summed E-state index contributed by atoms with van der Waals surface area (Å²) >= 11 is 0. The Labute approximate surface area is 68.6 Å². The highest BCUT2D eigenvalue weighted by molar-refractivity contribution is 4.98. The van der Waals surface area contributed by atoms with E-state index < -0.39 is 0 Å². The van der Waals surface area contributed by atoms with Crippen LogP contribution in [-0.2, 0) is 0 Å². The van der Waals surface area contributed by atoms with Crippen LogP contribution in [0.4, 0.5) is 0 Å². The lowest BCUT2D eigenvalue weighted by Crippen LogP contribution is -2.22. The van der Waals surface area contributed by atoms with Crippen molar-refractivity contribution in [1.82, 2.24) is 0 Å². The van der Waals surface area contributed by atoms with Crippen molar-refractivity contribution in [2.24, 2.45) is 11.8 Å². The Morgan fingerprint density at radius 1 is 1.36 bits per heavy atom. The summed E-state index contributed by atoms with van der Waals surface area (Å²) in [5, 5.41) is 17.8. The Morgan fingerprint density at radius 3 is 1.91 bits per heavy atom. The molecule has 0 radical (unpaired) electrons. The molecule has 2 heteroatoms. The van der Waals surface area contributed by atoms with E-state index in [1.165, 1.54) is 0 Å². The highest BCUT2D eigenvalue weighted by Crippen LogP contribution is 2.21. The molecule has 0 aromatic heterocycles. The smallest absolute Gasteiger partial charge is 0.0486 e. The van der Waals surface area contributed by atoms with Gasteiger partial charge in [0.05, 0.1) is 0 Å². The van der Waals surface area contributed by atoms with Gasteiger partial charge >= 0.3 is 0 Å². The van der Waals surface area contributed by atoms with Gasteiger partial charge in [0, 0.05) is 19.1 Å². The Morgan fingerprint density at radius 2 is 1.82 bits per heavy atom. The number of hydrogen-bond acceptors (Lipinski definition) is 2. The van der Waals surface area contributed by atoms with Gasteiger partial charge < -0.3 is 10.2 Å². The fourth-order valence-corrected chi connectivity index (χ4v) is 1.40. The molecule has 2 nitrogen and oxygen atoms in total. The molecule has 1 atom stereocenters. The van der Waals surface area contributed by atoms with E-state index in [4.69, 9.17) is 10.2 Å². The average molecular weight is 158 g/mol. The van der Waals surface area contributed by atoms with Crippen molar-refractivity contribution in [3.05, 3.63) is 12.2 Å². The van der Waals surface area contributed by atoms with Crippen molar-refractivity contribution in [1.29, 1.82) is 0 Å². The lowest BCUT2D eigenvalue weighted by molar-refractivity contribution is 0.116. The van der Waals surface area contributed by atoms with Crippen LogP contribution in [0.5, 0.6) is 0 Å². The normalized spacial score (nSPS) is 13.5. The summed E-state index contributed by atoms with van der Waals surface area (Å²) in [6.45, 7) is 7.88. The zero-order chi connectivity index (χ0) is 8.85. The van der Waals surface area contributed by atoms with Crippen molar-refractivity contribution in [2.75, 3.05) is 13.2 Å². The van der Waals surface area contributed by atoms with Crippen LogP contribution >= 0.6 is 0 Å². The third-order valence-corrected chi connectivity index (χ3v) is 2.11. The molecule has 0 rings (SSSR count). The molecule has 0 heterocycles. The molecule has 0 saturated heterocycles. The van der Waals surface area contributed by atoms with Gasteiger partial charge in [-0.25, -0.2) is 0 Å². The summed E-state index contributed by atoms with van der Waals surface area (Å²) in [6.07, 6.45) is 0.932. The molecule has 0 saturated carbocycles. The van der Waals surface area contributed by atoms with E-state index in [1.807, 2.05) is 13.8 Å². The largest absolute Gasteiger partial charge is 0.396 e. The molecule has 1 unspecified atom stereocenters. The predicted octanol–water partition coefficient (Wildman–Crippen LogP) is 1.19. The van der Waals surface area contributed by atoms with Gasteiger partial charge in [-0.3, -0.25) is 0 Å².